The molecule has 0 fully saturated rings. The molecule has 0 spiro atoms. The molecule has 0 unspecified atom stereocenters. The van der Waals surface area contributed by atoms with E-state index in [4.69, 9.17) is 0 Å². The second kappa shape index (κ2) is 8.38. The van der Waals surface area contributed by atoms with E-state index in [1.807, 2.05) is 30.3 Å². The zero-order valence-corrected chi connectivity index (χ0v) is 16.4. The lowest BCUT2D eigenvalue weighted by atomic mass is 10.0. The van der Waals surface area contributed by atoms with Gasteiger partial charge in [0.15, 0.2) is 11.6 Å². The number of phenols is 1. The van der Waals surface area contributed by atoms with Crippen molar-refractivity contribution >= 4 is 0 Å². The Morgan fingerprint density at radius 2 is 1.82 bits per heavy atom. The molecule has 28 heavy (non-hydrogen) atoms. The van der Waals surface area contributed by atoms with Gasteiger partial charge in [0, 0.05) is 17.8 Å². The summed E-state index contributed by atoms with van der Waals surface area (Å²) in [5.74, 6) is -0.615. The van der Waals surface area contributed by atoms with Gasteiger partial charge in [-0.15, -0.1) is 0 Å². The van der Waals surface area contributed by atoms with Crippen molar-refractivity contribution in [1.82, 2.24) is 9.55 Å². The molecule has 0 aliphatic rings. The van der Waals surface area contributed by atoms with Crippen LogP contribution in [0.3, 0.4) is 0 Å². The van der Waals surface area contributed by atoms with Gasteiger partial charge in [-0.25, -0.2) is 9.37 Å². The van der Waals surface area contributed by atoms with Crippen LogP contribution in [0.4, 0.5) is 4.39 Å². The van der Waals surface area contributed by atoms with Gasteiger partial charge in [0.1, 0.15) is 5.82 Å². The summed E-state index contributed by atoms with van der Waals surface area (Å²) in [6.07, 6.45) is 1.26. The van der Waals surface area contributed by atoms with Crippen LogP contribution in [0.1, 0.15) is 30.7 Å². The summed E-state index contributed by atoms with van der Waals surface area (Å²) in [4.78, 5) is 17.9. The molecule has 0 saturated heterocycles. The first-order chi connectivity index (χ1) is 13.4. The van der Waals surface area contributed by atoms with Crippen molar-refractivity contribution in [3.63, 3.8) is 0 Å². The van der Waals surface area contributed by atoms with Gasteiger partial charge in [0.2, 0.25) is 0 Å². The Morgan fingerprint density at radius 1 is 1.11 bits per heavy atom. The van der Waals surface area contributed by atoms with E-state index in [0.29, 0.717) is 42.4 Å². The molecule has 146 valence electrons. The van der Waals surface area contributed by atoms with Gasteiger partial charge < -0.3 is 5.11 Å². The van der Waals surface area contributed by atoms with Gasteiger partial charge in [0.25, 0.3) is 5.56 Å². The minimum Gasteiger partial charge on any atom is -0.504 e. The van der Waals surface area contributed by atoms with E-state index in [-0.39, 0.29) is 11.1 Å². The summed E-state index contributed by atoms with van der Waals surface area (Å²) in [6, 6.07) is 14.1. The molecule has 0 aliphatic heterocycles. The zero-order chi connectivity index (χ0) is 20.3. The molecule has 1 aromatic heterocycles. The number of hydrogen-bond donors (Lipinski definition) is 1. The number of halogens is 1. The number of aromatic nitrogens is 2. The van der Waals surface area contributed by atoms with Crippen LogP contribution < -0.4 is 5.56 Å². The van der Waals surface area contributed by atoms with Gasteiger partial charge in [-0.1, -0.05) is 50.2 Å². The number of aryl methyl sites for hydroxylation is 2. The lowest BCUT2D eigenvalue weighted by Gasteiger charge is -2.17. The fourth-order valence-electron chi connectivity index (χ4n) is 3.34. The van der Waals surface area contributed by atoms with E-state index < -0.39 is 11.6 Å². The van der Waals surface area contributed by atoms with Crippen molar-refractivity contribution in [2.24, 2.45) is 5.92 Å². The van der Waals surface area contributed by atoms with Crippen molar-refractivity contribution < 1.29 is 9.50 Å². The van der Waals surface area contributed by atoms with E-state index in [1.165, 1.54) is 12.1 Å². The third-order valence-electron chi connectivity index (χ3n) is 4.78. The molecule has 3 aromatic rings. The van der Waals surface area contributed by atoms with E-state index in [9.17, 15) is 14.3 Å². The lowest BCUT2D eigenvalue weighted by Crippen LogP contribution is -2.29. The highest BCUT2D eigenvalue weighted by atomic mass is 19.1. The molecular weight excluding hydrogens is 355 g/mol. The maximum atomic E-state index is 13.9. The van der Waals surface area contributed by atoms with Crippen LogP contribution in [-0.4, -0.2) is 14.7 Å². The molecule has 0 radical (unpaired) electrons. The van der Waals surface area contributed by atoms with Crippen LogP contribution in [0.25, 0.3) is 11.4 Å². The van der Waals surface area contributed by atoms with Crippen molar-refractivity contribution in [2.75, 3.05) is 0 Å². The van der Waals surface area contributed by atoms with Gasteiger partial charge in [0.05, 0.1) is 5.56 Å². The molecule has 1 heterocycles. The van der Waals surface area contributed by atoms with Crippen molar-refractivity contribution in [3.05, 3.63) is 81.5 Å². The zero-order valence-electron chi connectivity index (χ0n) is 16.4. The van der Waals surface area contributed by atoms with Crippen LogP contribution >= 0.6 is 0 Å². The van der Waals surface area contributed by atoms with E-state index in [1.54, 1.807) is 17.6 Å². The Morgan fingerprint density at radius 3 is 2.50 bits per heavy atom. The predicted molar refractivity (Wildman–Crippen MR) is 109 cm³/mol. The van der Waals surface area contributed by atoms with Gasteiger partial charge in [-0.3, -0.25) is 9.36 Å². The molecule has 5 heteroatoms. The van der Waals surface area contributed by atoms with Crippen LogP contribution in [0, 0.1) is 18.7 Å². The van der Waals surface area contributed by atoms with Gasteiger partial charge in [-0.2, -0.15) is 0 Å². The first kappa shape index (κ1) is 19.8. The molecular formula is C23H25FN2O2. The fraction of sp³-hybridized carbons (Fsp3) is 0.304. The van der Waals surface area contributed by atoms with E-state index in [2.05, 4.69) is 18.8 Å². The number of aromatic hydroxyl groups is 1. The van der Waals surface area contributed by atoms with Crippen LogP contribution in [0.15, 0.2) is 53.3 Å². The first-order valence-electron chi connectivity index (χ1n) is 9.50. The van der Waals surface area contributed by atoms with Crippen molar-refractivity contribution in [2.45, 2.75) is 40.2 Å². The number of nitrogens with zero attached hydrogens (tertiary/aromatic N) is 2. The summed E-state index contributed by atoms with van der Waals surface area (Å²) in [5, 5.41) is 10.2. The molecule has 0 amide bonds. The Bertz CT molecular complexity index is 1030. The van der Waals surface area contributed by atoms with Crippen molar-refractivity contribution in [1.29, 1.82) is 0 Å². The highest BCUT2D eigenvalue weighted by Gasteiger charge is 2.19. The number of para-hydroxylation sites is 1. The average molecular weight is 380 g/mol. The largest absolute Gasteiger partial charge is 0.504 e. The monoisotopic (exact) mass is 380 g/mol. The highest BCUT2D eigenvalue weighted by molar-refractivity contribution is 5.64. The molecule has 0 bridgehead atoms. The molecule has 0 atom stereocenters. The molecule has 0 aliphatic carbocycles. The van der Waals surface area contributed by atoms with Crippen LogP contribution in [-0.2, 0) is 19.4 Å². The number of phenolic OH excluding ortho intramolecular Hbond substituents is 1. The summed E-state index contributed by atoms with van der Waals surface area (Å²) < 4.78 is 15.5. The Labute approximate surface area is 164 Å². The Kier molecular flexibility index (Phi) is 5.93. The smallest absolute Gasteiger partial charge is 0.257 e. The highest BCUT2D eigenvalue weighted by Crippen LogP contribution is 2.30. The van der Waals surface area contributed by atoms with E-state index >= 15 is 0 Å². The number of rotatable bonds is 6. The van der Waals surface area contributed by atoms with Crippen LogP contribution in [0.5, 0.6) is 5.75 Å². The fourth-order valence-corrected chi connectivity index (χ4v) is 3.34. The first-order valence-corrected chi connectivity index (χ1v) is 9.50. The minimum absolute atomic E-state index is 0.129. The standard InChI is InChI=1S/C23H25FN2O2/c1-15(2)14-19-16(3)25-22(18-10-7-11-20(24)21(18)27)26(23(19)28)13-12-17-8-5-4-6-9-17/h4-11,15,27H,12-14H2,1-3H3. The molecule has 4 nitrogen and oxygen atoms in total. The second-order valence-corrected chi connectivity index (χ2v) is 7.43. The lowest BCUT2D eigenvalue weighted by molar-refractivity contribution is 0.433. The predicted octanol–water partition coefficient (Wildman–Crippen LogP) is 4.50. The summed E-state index contributed by atoms with van der Waals surface area (Å²) in [6.45, 7) is 6.30. The SMILES string of the molecule is Cc1nc(-c2cccc(F)c2O)n(CCc2ccccc2)c(=O)c1CC(C)C. The maximum absolute atomic E-state index is 13.9. The topological polar surface area (TPSA) is 55.1 Å². The normalized spacial score (nSPS) is 11.2. The quantitative estimate of drug-likeness (QED) is 0.685. The summed E-state index contributed by atoms with van der Waals surface area (Å²) >= 11 is 0. The minimum atomic E-state index is -0.731. The van der Waals surface area contributed by atoms with Crippen LogP contribution in [0.2, 0.25) is 0 Å². The Balaban J connectivity index is 2.14. The van der Waals surface area contributed by atoms with Gasteiger partial charge >= 0.3 is 0 Å². The number of hydrogen-bond acceptors (Lipinski definition) is 3. The third-order valence-corrected chi connectivity index (χ3v) is 4.78. The number of benzene rings is 2. The molecule has 2 aromatic carbocycles. The summed E-state index contributed by atoms with van der Waals surface area (Å²) in [7, 11) is 0. The Hall–Kier alpha value is -2.95. The maximum Gasteiger partial charge on any atom is 0.257 e. The van der Waals surface area contributed by atoms with E-state index in [0.717, 1.165) is 5.56 Å². The third kappa shape index (κ3) is 4.14. The summed E-state index contributed by atoms with van der Waals surface area (Å²) in [5.41, 5.74) is 2.48. The molecule has 3 rings (SSSR count). The molecule has 1 N–H and O–H groups in total. The molecule has 0 saturated carbocycles. The average Bonchev–Trinajstić information content (AvgIpc) is 2.67. The second-order valence-electron chi connectivity index (χ2n) is 7.43. The van der Waals surface area contributed by atoms with Gasteiger partial charge in [-0.05, 0) is 43.4 Å². The van der Waals surface area contributed by atoms with Crippen molar-refractivity contribution in [3.8, 4) is 17.1 Å².